The van der Waals surface area contributed by atoms with E-state index in [-0.39, 0.29) is 18.7 Å². The third-order valence-electron chi connectivity index (χ3n) is 5.89. The molecule has 198 valence electrons. The Balaban J connectivity index is 3.51. The van der Waals surface area contributed by atoms with Crippen LogP contribution in [0.1, 0.15) is 129 Å². The Labute approximate surface area is 205 Å². The zero-order valence-electron chi connectivity index (χ0n) is 22.0. The first-order valence-corrected chi connectivity index (χ1v) is 14.8. The topological polar surface area (TPSA) is 77.0 Å². The number of likely N-dealkylation sites (N-methyl/N-ethyl adjacent to an activating group) is 1. The van der Waals surface area contributed by atoms with E-state index in [0.29, 0.717) is 13.2 Å². The molecule has 0 aromatic carbocycles. The molecule has 0 spiro atoms. The lowest BCUT2D eigenvalue weighted by Crippen LogP contribution is -2.22. The van der Waals surface area contributed by atoms with Crippen LogP contribution in [0, 0.1) is 0 Å². The van der Waals surface area contributed by atoms with Gasteiger partial charge in [0.15, 0.2) is 0 Å². The first-order valence-electron chi connectivity index (χ1n) is 13.7. The van der Waals surface area contributed by atoms with E-state index in [9.17, 15) is 9.69 Å². The summed E-state index contributed by atoms with van der Waals surface area (Å²) in [5.41, 5.74) is 0. The molecule has 2 unspecified atom stereocenters. The van der Waals surface area contributed by atoms with Gasteiger partial charge in [-0.15, -0.1) is 0 Å². The number of nitrogens with one attached hydrogen (secondary N) is 1. The van der Waals surface area contributed by atoms with Crippen LogP contribution < -0.4 is 5.32 Å². The second-order valence-electron chi connectivity index (χ2n) is 9.15. The molecule has 0 saturated carbocycles. The summed E-state index contributed by atoms with van der Waals surface area (Å²) in [7, 11) is -0.102. The number of hydrogen-bond donors (Lipinski definition) is 2. The van der Waals surface area contributed by atoms with Crippen LogP contribution in [0.2, 0.25) is 0 Å². The fourth-order valence-corrected chi connectivity index (χ4v) is 4.53. The highest BCUT2D eigenvalue weighted by Crippen LogP contribution is 2.33. The van der Waals surface area contributed by atoms with E-state index in [1.54, 1.807) is 0 Å². The summed E-state index contributed by atoms with van der Waals surface area (Å²) in [6.45, 7) is 4.90. The molecule has 2 atom stereocenters. The van der Waals surface area contributed by atoms with Gasteiger partial charge in [-0.3, -0.25) is 4.79 Å². The van der Waals surface area contributed by atoms with Crippen molar-refractivity contribution in [2.75, 3.05) is 26.8 Å². The highest BCUT2D eigenvalue weighted by Gasteiger charge is 2.16. The summed E-state index contributed by atoms with van der Waals surface area (Å²) < 4.78 is 15.8. The molecule has 0 aliphatic rings. The van der Waals surface area contributed by atoms with Gasteiger partial charge in [0.05, 0.1) is 13.2 Å². The van der Waals surface area contributed by atoms with E-state index in [1.165, 1.54) is 103 Å². The average Bonchev–Trinajstić information content (AvgIpc) is 2.79. The van der Waals surface area contributed by atoms with Crippen LogP contribution in [0.3, 0.4) is 0 Å². The second kappa shape index (κ2) is 26.3. The number of hydrogen-bond acceptors (Lipinski definition) is 6. The lowest BCUT2D eigenvalue weighted by atomic mass is 10.0. The van der Waals surface area contributed by atoms with Gasteiger partial charge in [0, 0.05) is 13.5 Å². The molecule has 33 heavy (non-hydrogen) atoms. The van der Waals surface area contributed by atoms with Crippen LogP contribution in [0.5, 0.6) is 0 Å². The third kappa shape index (κ3) is 26.2. The molecule has 0 rings (SSSR count). The molecule has 7 heteroatoms. The standard InChI is InChI=1S/C26H54NO5P/c1-4-5-6-7-8-9-10-11-12-13-14-15-16-17-18-19-20-21-26(32-25(2)28)24-31-33(29)30-23-22-27-3/h26-27,29H,4-24H2,1-3H3. The van der Waals surface area contributed by atoms with Gasteiger partial charge < -0.3 is 24.0 Å². The fourth-order valence-electron chi connectivity index (χ4n) is 3.92. The van der Waals surface area contributed by atoms with Crippen LogP contribution in [0.4, 0.5) is 0 Å². The van der Waals surface area contributed by atoms with Crippen molar-refractivity contribution in [3.63, 3.8) is 0 Å². The molecule has 0 aliphatic carbocycles. The van der Waals surface area contributed by atoms with Gasteiger partial charge in [-0.05, 0) is 19.9 Å². The Morgan fingerprint density at radius 3 is 1.67 bits per heavy atom. The Kier molecular flexibility index (Phi) is 26.1. The Bertz CT molecular complexity index is 414. The van der Waals surface area contributed by atoms with Crippen LogP contribution in [-0.2, 0) is 18.6 Å². The van der Waals surface area contributed by atoms with E-state index in [1.807, 2.05) is 7.05 Å². The van der Waals surface area contributed by atoms with Gasteiger partial charge in [-0.1, -0.05) is 110 Å². The maximum absolute atomic E-state index is 11.3. The SMILES string of the molecule is CCCCCCCCCCCCCCCCCCCC(COP(O)OCCNC)OC(C)=O. The molecule has 0 aromatic heterocycles. The van der Waals surface area contributed by atoms with Crippen molar-refractivity contribution in [3.05, 3.63) is 0 Å². The van der Waals surface area contributed by atoms with Crippen molar-refractivity contribution >= 4 is 14.6 Å². The fraction of sp³-hybridized carbons (Fsp3) is 0.962. The highest BCUT2D eigenvalue weighted by atomic mass is 31.2. The normalized spacial score (nSPS) is 13.2. The quantitative estimate of drug-likeness (QED) is 0.0744. The molecule has 0 aliphatic heterocycles. The molecule has 0 amide bonds. The zero-order valence-corrected chi connectivity index (χ0v) is 22.8. The molecule has 6 nitrogen and oxygen atoms in total. The highest BCUT2D eigenvalue weighted by molar-refractivity contribution is 7.40. The monoisotopic (exact) mass is 491 g/mol. The minimum atomic E-state index is -1.92. The molecule has 0 radical (unpaired) electrons. The molecule has 0 aromatic rings. The van der Waals surface area contributed by atoms with Crippen molar-refractivity contribution in [1.29, 1.82) is 0 Å². The van der Waals surface area contributed by atoms with E-state index < -0.39 is 8.60 Å². The molecule has 0 saturated heterocycles. The Morgan fingerprint density at radius 1 is 0.788 bits per heavy atom. The first-order chi connectivity index (χ1) is 16.1. The smallest absolute Gasteiger partial charge is 0.330 e. The molecule has 0 bridgehead atoms. The van der Waals surface area contributed by atoms with Gasteiger partial charge >= 0.3 is 14.6 Å². The van der Waals surface area contributed by atoms with Gasteiger partial charge in [-0.2, -0.15) is 0 Å². The number of rotatable bonds is 26. The van der Waals surface area contributed by atoms with E-state index >= 15 is 0 Å². The van der Waals surface area contributed by atoms with Crippen molar-refractivity contribution in [1.82, 2.24) is 5.32 Å². The summed E-state index contributed by atoms with van der Waals surface area (Å²) in [4.78, 5) is 21.0. The Morgan fingerprint density at radius 2 is 1.24 bits per heavy atom. The van der Waals surface area contributed by atoms with Gasteiger partial charge in [0.2, 0.25) is 0 Å². The van der Waals surface area contributed by atoms with Crippen LogP contribution >= 0.6 is 8.60 Å². The maximum atomic E-state index is 11.3. The summed E-state index contributed by atoms with van der Waals surface area (Å²) in [5.74, 6) is -0.311. The lowest BCUT2D eigenvalue weighted by molar-refractivity contribution is -0.148. The van der Waals surface area contributed by atoms with E-state index in [4.69, 9.17) is 13.8 Å². The average molecular weight is 492 g/mol. The van der Waals surface area contributed by atoms with Crippen molar-refractivity contribution in [2.45, 2.75) is 136 Å². The number of carbonyl (C=O) groups is 1. The first kappa shape index (κ1) is 32.7. The van der Waals surface area contributed by atoms with Crippen LogP contribution in [0.25, 0.3) is 0 Å². The maximum Gasteiger partial charge on any atom is 0.330 e. The Hall–Kier alpha value is -0.260. The predicted molar refractivity (Wildman–Crippen MR) is 139 cm³/mol. The number of unbranched alkanes of at least 4 members (excludes halogenated alkanes) is 16. The molecular formula is C26H54NO5P. The summed E-state index contributed by atoms with van der Waals surface area (Å²) in [6.07, 6.45) is 23.3. The van der Waals surface area contributed by atoms with Gasteiger partial charge in [0.25, 0.3) is 0 Å². The van der Waals surface area contributed by atoms with Gasteiger partial charge in [0.1, 0.15) is 6.10 Å². The summed E-state index contributed by atoms with van der Waals surface area (Å²) in [6, 6.07) is 0. The molecule has 0 heterocycles. The summed E-state index contributed by atoms with van der Waals surface area (Å²) in [5, 5.41) is 2.94. The minimum Gasteiger partial charge on any atom is -0.460 e. The minimum absolute atomic E-state index is 0.181. The molecular weight excluding hydrogens is 437 g/mol. The van der Waals surface area contributed by atoms with Crippen LogP contribution in [-0.4, -0.2) is 43.8 Å². The van der Waals surface area contributed by atoms with Crippen molar-refractivity contribution in [3.8, 4) is 0 Å². The largest absolute Gasteiger partial charge is 0.460 e. The van der Waals surface area contributed by atoms with E-state index in [0.717, 1.165) is 19.3 Å². The van der Waals surface area contributed by atoms with Crippen LogP contribution in [0.15, 0.2) is 0 Å². The predicted octanol–water partition coefficient (Wildman–Crippen LogP) is 7.43. The number of ether oxygens (including phenoxy) is 1. The van der Waals surface area contributed by atoms with Crippen molar-refractivity contribution < 1.29 is 23.5 Å². The number of esters is 1. The summed E-state index contributed by atoms with van der Waals surface area (Å²) >= 11 is 0. The lowest BCUT2D eigenvalue weighted by Gasteiger charge is -2.18. The zero-order chi connectivity index (χ0) is 24.4. The molecule has 0 fully saturated rings. The molecule has 2 N–H and O–H groups in total. The van der Waals surface area contributed by atoms with Gasteiger partial charge in [-0.25, -0.2) is 0 Å². The second-order valence-corrected chi connectivity index (χ2v) is 10.1. The van der Waals surface area contributed by atoms with E-state index in [2.05, 4.69) is 12.2 Å². The number of carbonyl (C=O) groups excluding carboxylic acids is 1. The third-order valence-corrected chi connectivity index (χ3v) is 6.66. The van der Waals surface area contributed by atoms with Crippen molar-refractivity contribution in [2.24, 2.45) is 0 Å².